The average molecular weight is 210 g/mol. The Kier molecular flexibility index (Phi) is 7.42. The zero-order valence-electron chi connectivity index (χ0n) is 10.8. The van der Waals surface area contributed by atoms with E-state index in [-0.39, 0.29) is 5.54 Å². The fourth-order valence-electron chi connectivity index (χ4n) is 1.52. The van der Waals surface area contributed by atoms with Crippen molar-refractivity contribution in [2.24, 2.45) is 5.92 Å². The van der Waals surface area contributed by atoms with Crippen LogP contribution in [0.25, 0.3) is 0 Å². The van der Waals surface area contributed by atoms with Gasteiger partial charge in [-0.15, -0.1) is 0 Å². The van der Waals surface area contributed by atoms with Crippen molar-refractivity contribution in [1.29, 1.82) is 5.26 Å². The molecule has 1 atom stereocenters. The van der Waals surface area contributed by atoms with Gasteiger partial charge >= 0.3 is 0 Å². The highest BCUT2D eigenvalue weighted by molar-refractivity contribution is 5.03. The SMILES string of the molecule is CCCCCCC(C)(C#N)NCC(C)C. The molecule has 0 bridgehead atoms. The molecule has 0 saturated heterocycles. The first kappa shape index (κ1) is 14.5. The summed E-state index contributed by atoms with van der Waals surface area (Å²) in [5.74, 6) is 0.605. The second-order valence-corrected chi connectivity index (χ2v) is 5.03. The normalized spacial score (nSPS) is 14.9. The van der Waals surface area contributed by atoms with Crippen molar-refractivity contribution in [3.05, 3.63) is 0 Å². The molecular formula is C13H26N2. The van der Waals surface area contributed by atoms with Crippen molar-refractivity contribution in [3.8, 4) is 6.07 Å². The van der Waals surface area contributed by atoms with Crippen LogP contribution >= 0.6 is 0 Å². The maximum absolute atomic E-state index is 9.14. The number of unbranched alkanes of at least 4 members (excludes halogenated alkanes) is 3. The van der Waals surface area contributed by atoms with Crippen LogP contribution in [-0.2, 0) is 0 Å². The quantitative estimate of drug-likeness (QED) is 0.623. The number of hydrogen-bond donors (Lipinski definition) is 1. The zero-order chi connectivity index (χ0) is 11.7. The van der Waals surface area contributed by atoms with E-state index in [4.69, 9.17) is 5.26 Å². The minimum atomic E-state index is -0.321. The van der Waals surface area contributed by atoms with E-state index in [1.54, 1.807) is 0 Å². The van der Waals surface area contributed by atoms with Crippen LogP contribution in [0.4, 0.5) is 0 Å². The van der Waals surface area contributed by atoms with Crippen LogP contribution < -0.4 is 5.32 Å². The third kappa shape index (κ3) is 7.39. The molecule has 0 aliphatic heterocycles. The van der Waals surface area contributed by atoms with Gasteiger partial charge in [0.15, 0.2) is 0 Å². The number of nitrogens with one attached hydrogen (secondary N) is 1. The molecule has 0 aromatic carbocycles. The molecule has 0 fully saturated rings. The van der Waals surface area contributed by atoms with Gasteiger partial charge in [0, 0.05) is 0 Å². The standard InChI is InChI=1S/C13H26N2/c1-5-6-7-8-9-13(4,11-14)15-10-12(2)3/h12,15H,5-10H2,1-4H3. The third-order valence-electron chi connectivity index (χ3n) is 2.68. The molecule has 0 saturated carbocycles. The molecule has 0 aliphatic rings. The number of hydrogen-bond acceptors (Lipinski definition) is 2. The summed E-state index contributed by atoms with van der Waals surface area (Å²) >= 11 is 0. The van der Waals surface area contributed by atoms with Crippen LogP contribution in [0.5, 0.6) is 0 Å². The Morgan fingerprint density at radius 2 is 1.93 bits per heavy atom. The molecule has 0 spiro atoms. The minimum Gasteiger partial charge on any atom is -0.299 e. The molecule has 0 aliphatic carbocycles. The van der Waals surface area contributed by atoms with Gasteiger partial charge in [-0.1, -0.05) is 46.5 Å². The Morgan fingerprint density at radius 1 is 1.27 bits per heavy atom. The molecule has 0 aromatic heterocycles. The predicted octanol–water partition coefficient (Wildman–Crippen LogP) is 3.48. The molecule has 2 heteroatoms. The van der Waals surface area contributed by atoms with Crippen LogP contribution in [0.1, 0.15) is 59.8 Å². The lowest BCUT2D eigenvalue weighted by Crippen LogP contribution is -2.42. The second-order valence-electron chi connectivity index (χ2n) is 5.03. The Balaban J connectivity index is 3.82. The number of nitrogens with zero attached hydrogens (tertiary/aromatic N) is 1. The van der Waals surface area contributed by atoms with Crippen LogP contribution in [0.15, 0.2) is 0 Å². The van der Waals surface area contributed by atoms with Crippen LogP contribution in [0, 0.1) is 17.2 Å². The van der Waals surface area contributed by atoms with E-state index in [2.05, 4.69) is 32.2 Å². The van der Waals surface area contributed by atoms with Crippen molar-refractivity contribution >= 4 is 0 Å². The highest BCUT2D eigenvalue weighted by Crippen LogP contribution is 2.14. The highest BCUT2D eigenvalue weighted by Gasteiger charge is 2.22. The first-order chi connectivity index (χ1) is 7.04. The van der Waals surface area contributed by atoms with Gasteiger partial charge in [0.1, 0.15) is 5.54 Å². The first-order valence-electron chi connectivity index (χ1n) is 6.20. The Morgan fingerprint density at radius 3 is 2.40 bits per heavy atom. The lowest BCUT2D eigenvalue weighted by Gasteiger charge is -2.24. The molecule has 15 heavy (non-hydrogen) atoms. The van der Waals surface area contributed by atoms with Gasteiger partial charge in [-0.3, -0.25) is 5.32 Å². The molecule has 1 N–H and O–H groups in total. The summed E-state index contributed by atoms with van der Waals surface area (Å²) in [6.07, 6.45) is 5.91. The zero-order valence-corrected chi connectivity index (χ0v) is 10.8. The van der Waals surface area contributed by atoms with E-state index < -0.39 is 0 Å². The van der Waals surface area contributed by atoms with Crippen LogP contribution in [0.3, 0.4) is 0 Å². The van der Waals surface area contributed by atoms with Crippen LogP contribution in [0.2, 0.25) is 0 Å². The molecule has 0 aromatic rings. The van der Waals surface area contributed by atoms with E-state index in [1.807, 2.05) is 6.92 Å². The van der Waals surface area contributed by atoms with E-state index in [0.717, 1.165) is 19.4 Å². The van der Waals surface area contributed by atoms with Gasteiger partial charge in [0.05, 0.1) is 6.07 Å². The van der Waals surface area contributed by atoms with Crippen LogP contribution in [-0.4, -0.2) is 12.1 Å². The third-order valence-corrected chi connectivity index (χ3v) is 2.68. The topological polar surface area (TPSA) is 35.8 Å². The lowest BCUT2D eigenvalue weighted by molar-refractivity contribution is 0.375. The van der Waals surface area contributed by atoms with E-state index in [0.29, 0.717) is 5.92 Å². The summed E-state index contributed by atoms with van der Waals surface area (Å²) in [5.41, 5.74) is -0.321. The van der Waals surface area contributed by atoms with E-state index >= 15 is 0 Å². The van der Waals surface area contributed by atoms with Gasteiger partial charge in [0.2, 0.25) is 0 Å². The Bertz CT molecular complexity index is 193. The molecule has 88 valence electrons. The number of nitriles is 1. The Hall–Kier alpha value is -0.550. The average Bonchev–Trinajstić information content (AvgIpc) is 2.22. The maximum atomic E-state index is 9.14. The molecule has 0 heterocycles. The number of rotatable bonds is 8. The van der Waals surface area contributed by atoms with Gasteiger partial charge in [0.25, 0.3) is 0 Å². The van der Waals surface area contributed by atoms with Crippen molar-refractivity contribution in [2.45, 2.75) is 65.3 Å². The fourth-order valence-corrected chi connectivity index (χ4v) is 1.52. The summed E-state index contributed by atoms with van der Waals surface area (Å²) in [6, 6.07) is 2.40. The summed E-state index contributed by atoms with van der Waals surface area (Å²) < 4.78 is 0. The summed E-state index contributed by atoms with van der Waals surface area (Å²) in [6.45, 7) is 9.49. The van der Waals surface area contributed by atoms with Gasteiger partial charge < -0.3 is 0 Å². The van der Waals surface area contributed by atoms with Crippen molar-refractivity contribution in [2.75, 3.05) is 6.54 Å². The lowest BCUT2D eigenvalue weighted by atomic mass is 9.95. The largest absolute Gasteiger partial charge is 0.299 e. The van der Waals surface area contributed by atoms with Gasteiger partial charge in [-0.2, -0.15) is 5.26 Å². The van der Waals surface area contributed by atoms with Gasteiger partial charge in [-0.25, -0.2) is 0 Å². The second kappa shape index (κ2) is 7.70. The monoisotopic (exact) mass is 210 g/mol. The summed E-state index contributed by atoms with van der Waals surface area (Å²) in [4.78, 5) is 0. The van der Waals surface area contributed by atoms with Crippen molar-refractivity contribution in [3.63, 3.8) is 0 Å². The summed E-state index contributed by atoms with van der Waals surface area (Å²) in [5, 5.41) is 12.5. The molecule has 0 radical (unpaired) electrons. The van der Waals surface area contributed by atoms with E-state index in [1.165, 1.54) is 19.3 Å². The molecular weight excluding hydrogens is 184 g/mol. The molecule has 2 nitrogen and oxygen atoms in total. The molecule has 0 amide bonds. The smallest absolute Gasteiger partial charge is 0.103 e. The van der Waals surface area contributed by atoms with E-state index in [9.17, 15) is 0 Å². The first-order valence-corrected chi connectivity index (χ1v) is 6.20. The molecule has 0 rings (SSSR count). The van der Waals surface area contributed by atoms with Gasteiger partial charge in [-0.05, 0) is 25.8 Å². The minimum absolute atomic E-state index is 0.321. The molecule has 1 unspecified atom stereocenters. The van der Waals surface area contributed by atoms with Crippen molar-refractivity contribution in [1.82, 2.24) is 5.32 Å². The Labute approximate surface area is 95.1 Å². The highest BCUT2D eigenvalue weighted by atomic mass is 15.0. The summed E-state index contributed by atoms with van der Waals surface area (Å²) in [7, 11) is 0. The van der Waals surface area contributed by atoms with Crippen molar-refractivity contribution < 1.29 is 0 Å². The fraction of sp³-hybridized carbons (Fsp3) is 0.923. The maximum Gasteiger partial charge on any atom is 0.103 e. The predicted molar refractivity (Wildman–Crippen MR) is 65.6 cm³/mol.